The molecule has 0 amide bonds. The minimum atomic E-state index is -0.984. The molecule has 0 N–H and O–H groups in total. The number of aryl methyl sites for hydroxylation is 2. The van der Waals surface area contributed by atoms with E-state index in [0.717, 1.165) is 25.8 Å². The Labute approximate surface area is 359 Å². The molecule has 0 saturated carbocycles. The third kappa shape index (κ3) is 7.03. The zero-order chi connectivity index (χ0) is 43.9. The molecule has 328 valence electrons. The molecule has 10 rings (SSSR count). The maximum atomic E-state index is 17.9. The minimum Gasteiger partial charge on any atom is -0.485 e. The minimum absolute atomic E-state index is 0.0305. The number of fused-ring (bicyclic) bond motifs is 4. The number of pyridine rings is 1. The summed E-state index contributed by atoms with van der Waals surface area (Å²) in [6, 6.07) is 5.66. The number of hydrogen-bond acceptors (Lipinski definition) is 14. The van der Waals surface area contributed by atoms with Crippen LogP contribution in [0.25, 0.3) is 32.9 Å². The van der Waals surface area contributed by atoms with Crippen molar-refractivity contribution >= 4 is 27.5 Å². The molecule has 8 heterocycles. The first-order chi connectivity index (χ1) is 30.3. The number of hydrogen-bond donors (Lipinski definition) is 0. The monoisotopic (exact) mass is 866 g/mol. The Hall–Kier alpha value is -6.12. The average molecular weight is 867 g/mol. The van der Waals surface area contributed by atoms with Crippen molar-refractivity contribution < 1.29 is 40.3 Å². The molecular formula is C46H45F3N6O8. The zero-order valence-electron chi connectivity index (χ0n) is 35.3. The van der Waals surface area contributed by atoms with Crippen LogP contribution in [0.5, 0.6) is 11.8 Å². The molecule has 4 aromatic heterocycles. The zero-order valence-corrected chi connectivity index (χ0v) is 35.3. The van der Waals surface area contributed by atoms with E-state index < -0.39 is 35.0 Å². The lowest BCUT2D eigenvalue weighted by atomic mass is 9.91. The van der Waals surface area contributed by atoms with E-state index in [9.17, 15) is 14.0 Å². The normalized spacial score (nSPS) is 23.6. The van der Waals surface area contributed by atoms with E-state index in [4.69, 9.17) is 48.5 Å². The SMILES string of the molecule is C#Cc1c(F)ccc2cc(OCc3oc(=O)oc3C)cc(-c3nc4c5c(nc(OC[C@@]67CCCN6C[C@H](F)C7)nc5c3F)N3C[C@@H](CC)N(Cc5oc(=O)oc5C)C[C@@H]3[C@@H](C)C4)c12. The molecule has 5 atom stereocenters. The Bertz CT molecular complexity index is 2960. The summed E-state index contributed by atoms with van der Waals surface area (Å²) in [5, 5.41) is 1.11. The highest BCUT2D eigenvalue weighted by atomic mass is 19.1. The second-order valence-corrected chi connectivity index (χ2v) is 17.3. The van der Waals surface area contributed by atoms with Gasteiger partial charge in [0, 0.05) is 49.1 Å². The van der Waals surface area contributed by atoms with Gasteiger partial charge in [0.25, 0.3) is 0 Å². The van der Waals surface area contributed by atoms with Crippen molar-refractivity contribution in [2.24, 2.45) is 5.92 Å². The van der Waals surface area contributed by atoms with E-state index in [0.29, 0.717) is 72.8 Å². The number of alkyl halides is 1. The van der Waals surface area contributed by atoms with Crippen molar-refractivity contribution in [2.45, 2.75) is 96.7 Å². The summed E-state index contributed by atoms with van der Waals surface area (Å²) < 4.78 is 81.7. The van der Waals surface area contributed by atoms with Crippen LogP contribution in [0.2, 0.25) is 0 Å². The molecule has 17 heteroatoms. The number of piperazine rings is 1. The van der Waals surface area contributed by atoms with E-state index in [1.165, 1.54) is 18.2 Å². The molecule has 0 aliphatic carbocycles. The molecule has 4 aliphatic heterocycles. The molecule has 0 bridgehead atoms. The molecular weight excluding hydrogens is 822 g/mol. The fourth-order valence-electron chi connectivity index (χ4n) is 10.4. The van der Waals surface area contributed by atoms with Gasteiger partial charge >= 0.3 is 17.7 Å². The van der Waals surface area contributed by atoms with Gasteiger partial charge in [-0.2, -0.15) is 9.97 Å². The van der Waals surface area contributed by atoms with Crippen LogP contribution in [0, 0.1) is 43.7 Å². The highest BCUT2D eigenvalue weighted by Crippen LogP contribution is 2.45. The predicted molar refractivity (Wildman–Crippen MR) is 223 cm³/mol. The smallest absolute Gasteiger partial charge is 0.485 e. The van der Waals surface area contributed by atoms with Crippen molar-refractivity contribution in [1.82, 2.24) is 24.8 Å². The fourth-order valence-corrected chi connectivity index (χ4v) is 10.4. The van der Waals surface area contributed by atoms with E-state index in [-0.39, 0.29) is 82.2 Å². The molecule has 3 saturated heterocycles. The maximum Gasteiger partial charge on any atom is 0.519 e. The highest BCUT2D eigenvalue weighted by molar-refractivity contribution is 6.03. The summed E-state index contributed by atoms with van der Waals surface area (Å²) in [6.45, 7) is 9.86. The number of benzene rings is 2. The average Bonchev–Trinajstić information content (AvgIpc) is 3.97. The number of terminal acetylenes is 1. The third-order valence-electron chi connectivity index (χ3n) is 13.5. The lowest BCUT2D eigenvalue weighted by Crippen LogP contribution is -2.60. The van der Waals surface area contributed by atoms with Gasteiger partial charge in [-0.3, -0.25) is 9.80 Å². The van der Waals surface area contributed by atoms with Crippen LogP contribution >= 0.6 is 0 Å². The van der Waals surface area contributed by atoms with Gasteiger partial charge in [-0.15, -0.1) is 6.42 Å². The van der Waals surface area contributed by atoms with Crippen LogP contribution in [0.4, 0.5) is 19.0 Å². The molecule has 3 fully saturated rings. The fraction of sp³-hybridized carbons (Fsp3) is 0.457. The Morgan fingerprint density at radius 3 is 2.48 bits per heavy atom. The van der Waals surface area contributed by atoms with Gasteiger partial charge in [0.1, 0.15) is 53.7 Å². The number of rotatable bonds is 10. The Morgan fingerprint density at radius 1 is 0.968 bits per heavy atom. The highest BCUT2D eigenvalue weighted by Gasteiger charge is 2.50. The van der Waals surface area contributed by atoms with E-state index in [1.807, 2.05) is 0 Å². The van der Waals surface area contributed by atoms with Crippen molar-refractivity contribution in [3.05, 3.63) is 91.4 Å². The van der Waals surface area contributed by atoms with Crippen LogP contribution < -0.4 is 26.0 Å². The van der Waals surface area contributed by atoms with Gasteiger partial charge in [0.2, 0.25) is 0 Å². The lowest BCUT2D eigenvalue weighted by Gasteiger charge is -2.48. The van der Waals surface area contributed by atoms with Crippen LogP contribution in [0.15, 0.2) is 51.5 Å². The first kappa shape index (κ1) is 40.9. The molecule has 0 spiro atoms. The first-order valence-corrected chi connectivity index (χ1v) is 21.3. The maximum absolute atomic E-state index is 17.9. The van der Waals surface area contributed by atoms with Crippen LogP contribution in [-0.2, 0) is 19.6 Å². The van der Waals surface area contributed by atoms with Crippen LogP contribution in [-0.4, -0.2) is 81.3 Å². The van der Waals surface area contributed by atoms with Crippen molar-refractivity contribution in [3.63, 3.8) is 0 Å². The van der Waals surface area contributed by atoms with Gasteiger partial charge in [0.15, 0.2) is 23.1 Å². The van der Waals surface area contributed by atoms with Gasteiger partial charge in [0.05, 0.1) is 28.7 Å². The molecule has 4 aliphatic rings. The Morgan fingerprint density at radius 2 is 1.75 bits per heavy atom. The van der Waals surface area contributed by atoms with Gasteiger partial charge in [-0.05, 0) is 75.6 Å². The quantitative estimate of drug-likeness (QED) is 0.130. The van der Waals surface area contributed by atoms with Crippen molar-refractivity contribution in [3.8, 4) is 35.4 Å². The number of halogens is 3. The largest absolute Gasteiger partial charge is 0.519 e. The van der Waals surface area contributed by atoms with Gasteiger partial charge in [-0.25, -0.2) is 27.7 Å². The summed E-state index contributed by atoms with van der Waals surface area (Å²) in [6.07, 6.45) is 8.05. The number of nitrogens with zero attached hydrogens (tertiary/aromatic N) is 6. The summed E-state index contributed by atoms with van der Waals surface area (Å²) in [7, 11) is 0. The van der Waals surface area contributed by atoms with Crippen molar-refractivity contribution in [2.75, 3.05) is 37.7 Å². The molecule has 14 nitrogen and oxygen atoms in total. The molecule has 63 heavy (non-hydrogen) atoms. The molecule has 2 aromatic carbocycles. The molecule has 6 aromatic rings. The number of ether oxygens (including phenoxy) is 2. The third-order valence-corrected chi connectivity index (χ3v) is 13.5. The Balaban J connectivity index is 1.13. The van der Waals surface area contributed by atoms with Crippen molar-refractivity contribution in [1.29, 1.82) is 0 Å². The predicted octanol–water partition coefficient (Wildman–Crippen LogP) is 7.01. The standard InChI is InChI=1S/C46H45F3N6O8/c1-6-28-18-55-34(19-53(28)20-35-24(4)60-44(56)62-35)23(3)13-33-38-41(51-43(52-42(38)55)59-22-46-11-8-12-54(46)17-27(47)16-46)39(49)40(50-33)31-15-29(58-21-36-25(5)61-45(57)63-36)14-26-9-10-32(48)30(7-2)37(26)31/h2,9-10,14-15,23,27-28,34H,6,8,11-13,16-22H2,1,3-5H3/t23-,27+,28+,34+,46-/m0/s1. The first-order valence-electron chi connectivity index (χ1n) is 21.3. The van der Waals surface area contributed by atoms with E-state index in [1.54, 1.807) is 19.9 Å². The van der Waals surface area contributed by atoms with Crippen LogP contribution in [0.3, 0.4) is 0 Å². The van der Waals surface area contributed by atoms with E-state index in [2.05, 4.69) is 34.5 Å². The molecule has 0 radical (unpaired) electrons. The summed E-state index contributed by atoms with van der Waals surface area (Å²) in [5.41, 5.74) is -0.123. The van der Waals surface area contributed by atoms with Gasteiger partial charge in [-0.1, -0.05) is 25.8 Å². The number of anilines is 1. The van der Waals surface area contributed by atoms with E-state index >= 15 is 8.78 Å². The summed E-state index contributed by atoms with van der Waals surface area (Å²) in [4.78, 5) is 45.3. The number of aromatic nitrogens is 3. The topological polar surface area (TPSA) is 154 Å². The summed E-state index contributed by atoms with van der Waals surface area (Å²) >= 11 is 0. The summed E-state index contributed by atoms with van der Waals surface area (Å²) in [5.74, 6) is 1.23. The Kier molecular flexibility index (Phi) is 10.1. The van der Waals surface area contributed by atoms with Gasteiger partial charge < -0.3 is 32.0 Å². The second kappa shape index (κ2) is 15.6. The second-order valence-electron chi connectivity index (χ2n) is 17.3. The molecule has 0 unspecified atom stereocenters. The van der Waals surface area contributed by atoms with Crippen LogP contribution in [0.1, 0.15) is 73.8 Å². The lowest BCUT2D eigenvalue weighted by molar-refractivity contribution is 0.106.